The van der Waals surface area contributed by atoms with Crippen molar-refractivity contribution in [2.24, 2.45) is 0 Å². The lowest BCUT2D eigenvalue weighted by Crippen LogP contribution is -2.37. The van der Waals surface area contributed by atoms with E-state index in [1.54, 1.807) is 12.1 Å². The molecule has 0 saturated heterocycles. The Morgan fingerprint density at radius 3 is 2.15 bits per heavy atom. The van der Waals surface area contributed by atoms with Gasteiger partial charge in [-0.2, -0.15) is 13.2 Å². The largest absolute Gasteiger partial charge is 0.418 e. The first-order chi connectivity index (χ1) is 12.1. The quantitative estimate of drug-likeness (QED) is 0.879. The fourth-order valence-electron chi connectivity index (χ4n) is 2.71. The fraction of sp³-hybridized carbons (Fsp3) is 0.263. The highest BCUT2D eigenvalue weighted by atomic mass is 19.4. The van der Waals surface area contributed by atoms with Crippen molar-refractivity contribution in [3.8, 4) is 0 Å². The summed E-state index contributed by atoms with van der Waals surface area (Å²) in [6, 6.07) is 10.1. The standard InChI is InChI=1S/C19H19F3N2O2/c1-12-8-13(2)10-15(9-12)23-18(26)11-24(14(3)25)17-7-5-4-6-16(17)19(20,21)22/h4-10H,11H2,1-3H3,(H,23,26). The molecule has 0 aromatic heterocycles. The highest BCUT2D eigenvalue weighted by Gasteiger charge is 2.35. The molecule has 0 aliphatic carbocycles. The molecule has 2 rings (SSSR count). The van der Waals surface area contributed by atoms with Crippen LogP contribution in [0, 0.1) is 13.8 Å². The van der Waals surface area contributed by atoms with Crippen molar-refractivity contribution >= 4 is 23.2 Å². The van der Waals surface area contributed by atoms with Crippen LogP contribution in [0.4, 0.5) is 24.5 Å². The molecule has 1 N–H and O–H groups in total. The SMILES string of the molecule is CC(=O)N(CC(=O)Nc1cc(C)cc(C)c1)c1ccccc1C(F)(F)F. The van der Waals surface area contributed by atoms with Gasteiger partial charge >= 0.3 is 6.18 Å². The molecule has 2 aromatic carbocycles. The highest BCUT2D eigenvalue weighted by Crippen LogP contribution is 2.36. The van der Waals surface area contributed by atoms with E-state index in [1.807, 2.05) is 19.9 Å². The van der Waals surface area contributed by atoms with E-state index in [1.165, 1.54) is 18.2 Å². The second kappa shape index (κ2) is 7.59. The molecule has 0 fully saturated rings. The molecule has 7 heteroatoms. The Balaban J connectivity index is 2.27. The summed E-state index contributed by atoms with van der Waals surface area (Å²) in [6.07, 6.45) is -4.63. The Morgan fingerprint density at radius 1 is 1.04 bits per heavy atom. The molecule has 0 bridgehead atoms. The van der Waals surface area contributed by atoms with Crippen molar-refractivity contribution in [2.45, 2.75) is 26.9 Å². The van der Waals surface area contributed by atoms with Crippen molar-refractivity contribution in [1.82, 2.24) is 0 Å². The number of benzene rings is 2. The van der Waals surface area contributed by atoms with Gasteiger partial charge in [-0.3, -0.25) is 9.59 Å². The summed E-state index contributed by atoms with van der Waals surface area (Å²) in [5, 5.41) is 2.62. The average molecular weight is 364 g/mol. The van der Waals surface area contributed by atoms with E-state index in [2.05, 4.69) is 5.32 Å². The van der Waals surface area contributed by atoms with Crippen molar-refractivity contribution in [3.05, 3.63) is 59.2 Å². The first kappa shape index (κ1) is 19.5. The number of carbonyl (C=O) groups is 2. The summed E-state index contributed by atoms with van der Waals surface area (Å²) in [5.41, 5.74) is 1.09. The third-order valence-corrected chi connectivity index (χ3v) is 3.69. The number of carbonyl (C=O) groups excluding carboxylic acids is 2. The molecule has 26 heavy (non-hydrogen) atoms. The molecular formula is C19H19F3N2O2. The molecular weight excluding hydrogens is 345 g/mol. The van der Waals surface area contributed by atoms with E-state index in [-0.39, 0.29) is 5.69 Å². The normalized spacial score (nSPS) is 11.2. The number of aryl methyl sites for hydroxylation is 2. The number of nitrogens with one attached hydrogen (secondary N) is 1. The number of hydrogen-bond donors (Lipinski definition) is 1. The van der Waals surface area contributed by atoms with Gasteiger partial charge in [-0.15, -0.1) is 0 Å². The van der Waals surface area contributed by atoms with E-state index in [9.17, 15) is 22.8 Å². The van der Waals surface area contributed by atoms with E-state index in [0.717, 1.165) is 29.0 Å². The Hall–Kier alpha value is -2.83. The Kier molecular flexibility index (Phi) is 5.69. The number of nitrogens with zero attached hydrogens (tertiary/aromatic N) is 1. The molecule has 0 saturated carbocycles. The van der Waals surface area contributed by atoms with Crippen LogP contribution in [0.2, 0.25) is 0 Å². The minimum Gasteiger partial charge on any atom is -0.325 e. The first-order valence-corrected chi connectivity index (χ1v) is 7.90. The number of rotatable bonds is 4. The summed E-state index contributed by atoms with van der Waals surface area (Å²) < 4.78 is 39.6. The van der Waals surface area contributed by atoms with Gasteiger partial charge in [-0.1, -0.05) is 18.2 Å². The van der Waals surface area contributed by atoms with Crippen LogP contribution in [-0.4, -0.2) is 18.4 Å². The zero-order valence-corrected chi connectivity index (χ0v) is 14.6. The van der Waals surface area contributed by atoms with Gasteiger partial charge in [0.15, 0.2) is 0 Å². The molecule has 138 valence electrons. The molecule has 2 amide bonds. The maximum Gasteiger partial charge on any atom is 0.418 e. The fourth-order valence-corrected chi connectivity index (χ4v) is 2.71. The van der Waals surface area contributed by atoms with Gasteiger partial charge in [-0.05, 0) is 49.2 Å². The van der Waals surface area contributed by atoms with Gasteiger partial charge in [0, 0.05) is 12.6 Å². The lowest BCUT2D eigenvalue weighted by molar-refractivity contribution is -0.137. The predicted molar refractivity (Wildman–Crippen MR) is 94.0 cm³/mol. The lowest BCUT2D eigenvalue weighted by Gasteiger charge is -2.24. The third kappa shape index (κ3) is 4.84. The Labute approximate surface area is 149 Å². The van der Waals surface area contributed by atoms with Crippen LogP contribution in [0.15, 0.2) is 42.5 Å². The summed E-state index contributed by atoms with van der Waals surface area (Å²) in [6.45, 7) is 4.33. The monoisotopic (exact) mass is 364 g/mol. The third-order valence-electron chi connectivity index (χ3n) is 3.69. The molecule has 0 atom stereocenters. The van der Waals surface area contributed by atoms with Gasteiger partial charge < -0.3 is 10.2 Å². The van der Waals surface area contributed by atoms with Gasteiger partial charge in [0.05, 0.1) is 11.3 Å². The van der Waals surface area contributed by atoms with Gasteiger partial charge in [0.2, 0.25) is 11.8 Å². The lowest BCUT2D eigenvalue weighted by atomic mass is 10.1. The molecule has 0 heterocycles. The molecule has 0 radical (unpaired) electrons. The van der Waals surface area contributed by atoms with E-state index in [4.69, 9.17) is 0 Å². The molecule has 0 aliphatic rings. The summed E-state index contributed by atoms with van der Waals surface area (Å²) >= 11 is 0. The van der Waals surface area contributed by atoms with E-state index < -0.39 is 30.1 Å². The number of alkyl halides is 3. The summed E-state index contributed by atoms with van der Waals surface area (Å²) in [5.74, 6) is -1.24. The number of hydrogen-bond acceptors (Lipinski definition) is 2. The minimum absolute atomic E-state index is 0.344. The van der Waals surface area contributed by atoms with Crippen LogP contribution in [0.25, 0.3) is 0 Å². The molecule has 0 unspecified atom stereocenters. The van der Waals surface area contributed by atoms with Crippen molar-refractivity contribution in [1.29, 1.82) is 0 Å². The number of amides is 2. The second-order valence-corrected chi connectivity index (χ2v) is 6.04. The number of anilines is 2. The van der Waals surface area contributed by atoms with Crippen LogP contribution in [0.3, 0.4) is 0 Å². The molecule has 2 aromatic rings. The number of para-hydroxylation sites is 1. The minimum atomic E-state index is -4.63. The van der Waals surface area contributed by atoms with Gasteiger partial charge in [0.1, 0.15) is 6.54 Å². The van der Waals surface area contributed by atoms with Crippen LogP contribution >= 0.6 is 0 Å². The molecule has 0 aliphatic heterocycles. The van der Waals surface area contributed by atoms with Crippen molar-refractivity contribution < 1.29 is 22.8 Å². The Bertz CT molecular complexity index is 812. The molecule has 0 spiro atoms. The zero-order chi connectivity index (χ0) is 19.5. The first-order valence-electron chi connectivity index (χ1n) is 7.90. The zero-order valence-electron chi connectivity index (χ0n) is 14.6. The van der Waals surface area contributed by atoms with Crippen LogP contribution in [0.5, 0.6) is 0 Å². The van der Waals surface area contributed by atoms with Crippen molar-refractivity contribution in [3.63, 3.8) is 0 Å². The smallest absolute Gasteiger partial charge is 0.325 e. The van der Waals surface area contributed by atoms with Gasteiger partial charge in [0.25, 0.3) is 0 Å². The number of halogens is 3. The van der Waals surface area contributed by atoms with Crippen LogP contribution in [-0.2, 0) is 15.8 Å². The van der Waals surface area contributed by atoms with Crippen LogP contribution in [0.1, 0.15) is 23.6 Å². The maximum atomic E-state index is 13.2. The predicted octanol–water partition coefficient (Wildman–Crippen LogP) is 4.31. The van der Waals surface area contributed by atoms with E-state index in [0.29, 0.717) is 5.69 Å². The summed E-state index contributed by atoms with van der Waals surface area (Å²) in [7, 11) is 0. The van der Waals surface area contributed by atoms with Crippen LogP contribution < -0.4 is 10.2 Å². The molecule has 4 nitrogen and oxygen atoms in total. The Morgan fingerprint density at radius 2 is 1.62 bits per heavy atom. The highest BCUT2D eigenvalue weighted by molar-refractivity contribution is 6.02. The average Bonchev–Trinajstić information content (AvgIpc) is 2.50. The van der Waals surface area contributed by atoms with Gasteiger partial charge in [-0.25, -0.2) is 0 Å². The second-order valence-electron chi connectivity index (χ2n) is 6.04. The van der Waals surface area contributed by atoms with Crippen molar-refractivity contribution in [2.75, 3.05) is 16.8 Å². The maximum absolute atomic E-state index is 13.2. The summed E-state index contributed by atoms with van der Waals surface area (Å²) in [4.78, 5) is 25.0. The van der Waals surface area contributed by atoms with E-state index >= 15 is 0 Å². The topological polar surface area (TPSA) is 49.4 Å².